The first kappa shape index (κ1) is 9.92. The molecule has 0 bridgehead atoms. The first-order valence-electron chi connectivity index (χ1n) is 3.25. The third kappa shape index (κ3) is 1.95. The maximum Gasteiger partial charge on any atom is 0.249 e. The van der Waals surface area contributed by atoms with Gasteiger partial charge in [-0.3, -0.25) is 4.79 Å². The Labute approximate surface area is 87.5 Å². The van der Waals surface area contributed by atoms with Crippen molar-refractivity contribution < 1.29 is 9.18 Å². The monoisotopic (exact) mass is 290 g/mol. The molecule has 3 nitrogen and oxygen atoms in total. The number of amides is 1. The molecular weight excluding hydrogens is 286 g/mol. The Bertz CT molecular complexity index is 411. The predicted octanol–water partition coefficient (Wildman–Crippen LogP) is 1.40. The minimum absolute atomic E-state index is 0.0390. The molecule has 0 aliphatic rings. The van der Waals surface area contributed by atoms with E-state index >= 15 is 0 Å². The van der Waals surface area contributed by atoms with Crippen LogP contribution in [0.25, 0.3) is 0 Å². The van der Waals surface area contributed by atoms with Crippen LogP contribution < -0.4 is 5.73 Å². The van der Waals surface area contributed by atoms with E-state index in [1.807, 2.05) is 0 Å². The Morgan fingerprint density at radius 2 is 2.23 bits per heavy atom. The van der Waals surface area contributed by atoms with E-state index in [4.69, 9.17) is 11.0 Å². The van der Waals surface area contributed by atoms with E-state index in [0.29, 0.717) is 0 Å². The lowest BCUT2D eigenvalue weighted by atomic mass is 10.1. The van der Waals surface area contributed by atoms with Crippen LogP contribution in [0.4, 0.5) is 4.39 Å². The normalized spacial score (nSPS) is 9.31. The highest BCUT2D eigenvalue weighted by atomic mass is 127. The summed E-state index contributed by atoms with van der Waals surface area (Å²) in [5.74, 6) is -1.34. The highest BCUT2D eigenvalue weighted by molar-refractivity contribution is 14.1. The van der Waals surface area contributed by atoms with Crippen molar-refractivity contribution in [3.8, 4) is 6.07 Å². The number of nitrogens with two attached hydrogens (primary N) is 1. The summed E-state index contributed by atoms with van der Waals surface area (Å²) >= 11 is 1.67. The van der Waals surface area contributed by atoms with Crippen molar-refractivity contribution in [3.63, 3.8) is 0 Å². The molecule has 0 fully saturated rings. The average molecular weight is 290 g/mol. The van der Waals surface area contributed by atoms with Crippen LogP contribution in [0.2, 0.25) is 0 Å². The fraction of sp³-hybridized carbons (Fsp3) is 0. The largest absolute Gasteiger partial charge is 0.366 e. The molecule has 5 heteroatoms. The van der Waals surface area contributed by atoms with Crippen molar-refractivity contribution in [2.75, 3.05) is 0 Å². The van der Waals surface area contributed by atoms with Gasteiger partial charge in [0.1, 0.15) is 5.82 Å². The van der Waals surface area contributed by atoms with E-state index in [0.717, 1.165) is 6.07 Å². The summed E-state index contributed by atoms with van der Waals surface area (Å²) in [5, 5.41) is 8.49. The summed E-state index contributed by atoms with van der Waals surface area (Å²) in [4.78, 5) is 10.8. The van der Waals surface area contributed by atoms with Gasteiger partial charge in [-0.25, -0.2) is 4.39 Å². The molecule has 0 aromatic heterocycles. The molecule has 1 aromatic rings. The van der Waals surface area contributed by atoms with Gasteiger partial charge in [-0.1, -0.05) is 0 Å². The summed E-state index contributed by atoms with van der Waals surface area (Å²) in [6.45, 7) is 0. The van der Waals surface area contributed by atoms with E-state index in [1.165, 1.54) is 6.07 Å². The smallest absolute Gasteiger partial charge is 0.249 e. The number of hydrogen-bond acceptors (Lipinski definition) is 2. The van der Waals surface area contributed by atoms with Gasteiger partial charge in [0.15, 0.2) is 0 Å². The van der Waals surface area contributed by atoms with Gasteiger partial charge in [0.2, 0.25) is 5.91 Å². The summed E-state index contributed by atoms with van der Waals surface area (Å²) in [5.41, 5.74) is 5.12. The molecule has 1 aromatic carbocycles. The van der Waals surface area contributed by atoms with Crippen LogP contribution in [-0.4, -0.2) is 5.91 Å². The van der Waals surface area contributed by atoms with Crippen molar-refractivity contribution in [3.05, 3.63) is 32.6 Å². The van der Waals surface area contributed by atoms with Crippen LogP contribution in [0, 0.1) is 20.7 Å². The second-order valence-corrected chi connectivity index (χ2v) is 3.37. The number of halogens is 2. The van der Waals surface area contributed by atoms with Crippen molar-refractivity contribution in [1.29, 1.82) is 5.26 Å². The number of nitrogens with zero attached hydrogens (tertiary/aromatic N) is 1. The van der Waals surface area contributed by atoms with Crippen LogP contribution in [0.15, 0.2) is 12.1 Å². The van der Waals surface area contributed by atoms with Crippen molar-refractivity contribution in [2.24, 2.45) is 5.73 Å². The highest BCUT2D eigenvalue weighted by Gasteiger charge is 2.12. The van der Waals surface area contributed by atoms with E-state index in [-0.39, 0.29) is 14.7 Å². The lowest BCUT2D eigenvalue weighted by Gasteiger charge is -2.01. The second-order valence-electron chi connectivity index (χ2n) is 2.30. The standard InChI is InChI=1S/C8H4FIN2O/c9-6-2-4(3-11)1-5(7(6)10)8(12)13/h1-2H,(H2,12,13). The first-order valence-corrected chi connectivity index (χ1v) is 4.33. The zero-order chi connectivity index (χ0) is 10.0. The molecule has 0 radical (unpaired) electrons. The van der Waals surface area contributed by atoms with Crippen LogP contribution in [0.3, 0.4) is 0 Å². The molecule has 1 amide bonds. The van der Waals surface area contributed by atoms with Gasteiger partial charge in [-0.05, 0) is 34.7 Å². The molecule has 13 heavy (non-hydrogen) atoms. The fourth-order valence-corrected chi connectivity index (χ4v) is 1.41. The Morgan fingerprint density at radius 1 is 1.62 bits per heavy atom. The molecule has 0 spiro atoms. The summed E-state index contributed by atoms with van der Waals surface area (Å²) in [6, 6.07) is 4.07. The Hall–Kier alpha value is -1.16. The molecule has 2 N–H and O–H groups in total. The minimum atomic E-state index is -0.736. The summed E-state index contributed by atoms with van der Waals surface area (Å²) in [6.07, 6.45) is 0. The summed E-state index contributed by atoms with van der Waals surface area (Å²) in [7, 11) is 0. The molecule has 0 aliphatic heterocycles. The fourth-order valence-electron chi connectivity index (χ4n) is 0.833. The molecular formula is C8H4FIN2O. The lowest BCUT2D eigenvalue weighted by Crippen LogP contribution is -2.14. The van der Waals surface area contributed by atoms with Gasteiger partial charge >= 0.3 is 0 Å². The topological polar surface area (TPSA) is 66.9 Å². The molecule has 1 rings (SSSR count). The van der Waals surface area contributed by atoms with Crippen LogP contribution in [0.1, 0.15) is 15.9 Å². The average Bonchev–Trinajstić information content (AvgIpc) is 2.09. The van der Waals surface area contributed by atoms with E-state index in [2.05, 4.69) is 0 Å². The van der Waals surface area contributed by atoms with Gasteiger partial charge < -0.3 is 5.73 Å². The number of carbonyl (C=O) groups is 1. The van der Waals surface area contributed by atoms with Gasteiger partial charge in [-0.15, -0.1) is 0 Å². The molecule has 0 unspecified atom stereocenters. The molecule has 0 heterocycles. The first-order chi connectivity index (χ1) is 6.06. The number of hydrogen-bond donors (Lipinski definition) is 1. The third-order valence-electron chi connectivity index (χ3n) is 1.42. The minimum Gasteiger partial charge on any atom is -0.366 e. The quantitative estimate of drug-likeness (QED) is 0.794. The number of nitriles is 1. The Kier molecular flexibility index (Phi) is 2.83. The van der Waals surface area contributed by atoms with Crippen LogP contribution in [0.5, 0.6) is 0 Å². The van der Waals surface area contributed by atoms with Crippen molar-refractivity contribution in [1.82, 2.24) is 0 Å². The molecule has 0 saturated carbocycles. The molecule has 0 atom stereocenters. The van der Waals surface area contributed by atoms with E-state index < -0.39 is 11.7 Å². The number of benzene rings is 1. The zero-order valence-electron chi connectivity index (χ0n) is 6.34. The van der Waals surface area contributed by atoms with Gasteiger partial charge in [0.05, 0.1) is 20.8 Å². The van der Waals surface area contributed by atoms with Crippen molar-refractivity contribution in [2.45, 2.75) is 0 Å². The highest BCUT2D eigenvalue weighted by Crippen LogP contribution is 2.17. The van der Waals surface area contributed by atoms with E-state index in [9.17, 15) is 9.18 Å². The molecule has 0 aliphatic carbocycles. The van der Waals surface area contributed by atoms with Gasteiger partial charge in [0.25, 0.3) is 0 Å². The van der Waals surface area contributed by atoms with Gasteiger partial charge in [0, 0.05) is 0 Å². The van der Waals surface area contributed by atoms with Crippen LogP contribution in [-0.2, 0) is 0 Å². The Morgan fingerprint density at radius 3 is 2.69 bits per heavy atom. The lowest BCUT2D eigenvalue weighted by molar-refractivity contribution is 0.0999. The summed E-state index contributed by atoms with van der Waals surface area (Å²) < 4.78 is 13.2. The SMILES string of the molecule is N#Cc1cc(F)c(I)c(C(N)=O)c1. The second kappa shape index (κ2) is 3.70. The number of carbonyl (C=O) groups excluding carboxylic acids is 1. The Balaban J connectivity index is 3.44. The zero-order valence-corrected chi connectivity index (χ0v) is 8.50. The molecule has 0 saturated heterocycles. The van der Waals surface area contributed by atoms with Crippen molar-refractivity contribution >= 4 is 28.5 Å². The third-order valence-corrected chi connectivity index (χ3v) is 2.52. The predicted molar refractivity (Wildman–Crippen MR) is 52.3 cm³/mol. The molecule has 66 valence electrons. The number of primary amides is 1. The van der Waals surface area contributed by atoms with E-state index in [1.54, 1.807) is 28.7 Å². The number of rotatable bonds is 1. The maximum atomic E-state index is 13.0. The van der Waals surface area contributed by atoms with Gasteiger partial charge in [-0.2, -0.15) is 5.26 Å². The van der Waals surface area contributed by atoms with Crippen LogP contribution >= 0.6 is 22.6 Å². The maximum absolute atomic E-state index is 13.0.